The lowest BCUT2D eigenvalue weighted by Crippen LogP contribution is -2.32. The molecule has 0 spiro atoms. The molecule has 0 saturated heterocycles. The summed E-state index contributed by atoms with van der Waals surface area (Å²) in [7, 11) is 0. The van der Waals surface area contributed by atoms with Crippen LogP contribution in [-0.2, 0) is 0 Å². The van der Waals surface area contributed by atoms with Crippen LogP contribution in [0, 0.1) is 11.8 Å². The minimum Gasteiger partial charge on any atom is -0.365 e. The van der Waals surface area contributed by atoms with Crippen molar-refractivity contribution in [2.75, 3.05) is 6.54 Å². The summed E-state index contributed by atoms with van der Waals surface area (Å²) in [6, 6.07) is 0. The largest absolute Gasteiger partial charge is 0.365 e. The van der Waals surface area contributed by atoms with Crippen LogP contribution in [0.2, 0.25) is 0 Å². The average molecular weight is 368 g/mol. The highest BCUT2D eigenvalue weighted by Gasteiger charge is 2.13. The standard InChI is InChI=1S/C22H33N5/c1-19-8-10-24-17-21(16-19)22-18-27(15-14-23-12-13-25-22)26-11-9-20-6-4-2-3-5-7-20/h8,10,12-20,23,25-26H,2-7,9,11H2,1H3. The number of hydrogen-bond donors (Lipinski definition) is 3. The highest BCUT2D eigenvalue weighted by atomic mass is 15.5. The Morgan fingerprint density at radius 2 is 2.00 bits per heavy atom. The van der Waals surface area contributed by atoms with Crippen LogP contribution in [0.25, 0.3) is 0 Å². The van der Waals surface area contributed by atoms with Crippen molar-refractivity contribution in [3.8, 4) is 0 Å². The summed E-state index contributed by atoms with van der Waals surface area (Å²) < 4.78 is 0. The molecule has 0 radical (unpaired) electrons. The molecule has 1 aliphatic carbocycles. The lowest BCUT2D eigenvalue weighted by Gasteiger charge is -2.21. The normalized spacial score (nSPS) is 23.9. The van der Waals surface area contributed by atoms with E-state index in [1.54, 1.807) is 0 Å². The van der Waals surface area contributed by atoms with Gasteiger partial charge in [0.1, 0.15) is 0 Å². The summed E-state index contributed by atoms with van der Waals surface area (Å²) >= 11 is 0. The lowest BCUT2D eigenvalue weighted by atomic mass is 9.97. The van der Waals surface area contributed by atoms with Crippen LogP contribution in [0.1, 0.15) is 51.9 Å². The molecule has 3 rings (SSSR count). The fraction of sp³-hybridized carbons (Fsp3) is 0.500. The first kappa shape index (κ1) is 19.5. The zero-order valence-corrected chi connectivity index (χ0v) is 16.4. The Labute approximate surface area is 163 Å². The Balaban J connectivity index is 1.64. The Morgan fingerprint density at radius 3 is 2.85 bits per heavy atom. The Bertz CT molecular complexity index is 633. The van der Waals surface area contributed by atoms with Gasteiger partial charge >= 0.3 is 0 Å². The minimum absolute atomic E-state index is 0.354. The summed E-state index contributed by atoms with van der Waals surface area (Å²) in [6.45, 7) is 3.15. The summed E-state index contributed by atoms with van der Waals surface area (Å²) in [5.74, 6) is 1.22. The molecule has 1 saturated carbocycles. The maximum atomic E-state index is 4.36. The van der Waals surface area contributed by atoms with Crippen molar-refractivity contribution >= 4 is 6.21 Å². The lowest BCUT2D eigenvalue weighted by molar-refractivity contribution is 0.323. The van der Waals surface area contributed by atoms with Gasteiger partial charge in [0.15, 0.2) is 0 Å². The van der Waals surface area contributed by atoms with Gasteiger partial charge in [-0.15, -0.1) is 0 Å². The number of nitrogens with zero attached hydrogens (tertiary/aromatic N) is 2. The maximum Gasteiger partial charge on any atom is 0.0647 e. The molecule has 2 aliphatic heterocycles. The topological polar surface area (TPSA) is 51.7 Å². The third kappa shape index (κ3) is 6.75. The van der Waals surface area contributed by atoms with Gasteiger partial charge in [-0.2, -0.15) is 0 Å². The third-order valence-electron chi connectivity index (χ3n) is 5.28. The van der Waals surface area contributed by atoms with E-state index in [0.717, 1.165) is 23.7 Å². The van der Waals surface area contributed by atoms with Gasteiger partial charge in [0, 0.05) is 55.5 Å². The number of rotatable bonds is 5. The first-order chi connectivity index (χ1) is 13.3. The molecule has 0 amide bonds. The van der Waals surface area contributed by atoms with Crippen LogP contribution in [0.4, 0.5) is 0 Å². The van der Waals surface area contributed by atoms with Gasteiger partial charge < -0.3 is 10.6 Å². The van der Waals surface area contributed by atoms with Gasteiger partial charge in [0.2, 0.25) is 0 Å². The van der Waals surface area contributed by atoms with Gasteiger partial charge in [-0.25, -0.2) is 5.43 Å². The van der Waals surface area contributed by atoms with Gasteiger partial charge in [-0.05, 0) is 18.3 Å². The van der Waals surface area contributed by atoms with Gasteiger partial charge in [-0.1, -0.05) is 57.6 Å². The average Bonchev–Trinajstić information content (AvgIpc) is 3.00. The van der Waals surface area contributed by atoms with E-state index in [2.05, 4.69) is 46.3 Å². The molecule has 2 heterocycles. The zero-order valence-electron chi connectivity index (χ0n) is 16.4. The molecule has 146 valence electrons. The van der Waals surface area contributed by atoms with E-state index < -0.39 is 0 Å². The van der Waals surface area contributed by atoms with E-state index in [0.29, 0.717) is 5.92 Å². The molecule has 0 bridgehead atoms. The number of nitrogens with one attached hydrogen (secondary N) is 3. The molecule has 1 atom stereocenters. The van der Waals surface area contributed by atoms with Crippen LogP contribution < -0.4 is 16.1 Å². The van der Waals surface area contributed by atoms with Crippen LogP contribution in [0.3, 0.4) is 0 Å². The van der Waals surface area contributed by atoms with Crippen molar-refractivity contribution in [1.82, 2.24) is 21.1 Å². The second-order valence-electron chi connectivity index (χ2n) is 7.57. The fourth-order valence-corrected chi connectivity index (χ4v) is 3.73. The van der Waals surface area contributed by atoms with Crippen molar-refractivity contribution in [1.29, 1.82) is 0 Å². The number of hydrazine groups is 1. The first-order valence-electron chi connectivity index (χ1n) is 10.3. The summed E-state index contributed by atoms with van der Waals surface area (Å²) in [5.41, 5.74) is 5.66. The van der Waals surface area contributed by atoms with Crippen molar-refractivity contribution in [3.63, 3.8) is 0 Å². The minimum atomic E-state index is 0.354. The second kappa shape index (κ2) is 10.8. The molecule has 1 unspecified atom stereocenters. The Hall–Kier alpha value is -2.27. The van der Waals surface area contributed by atoms with Crippen LogP contribution in [0.15, 0.2) is 65.6 Å². The second-order valence-corrected chi connectivity index (χ2v) is 7.57. The van der Waals surface area contributed by atoms with E-state index in [-0.39, 0.29) is 0 Å². The molecule has 3 N–H and O–H groups in total. The molecule has 5 heteroatoms. The van der Waals surface area contributed by atoms with Crippen molar-refractivity contribution < 1.29 is 0 Å². The molecular formula is C22H33N5. The van der Waals surface area contributed by atoms with Gasteiger partial charge in [0.05, 0.1) is 5.70 Å². The molecule has 0 aromatic carbocycles. The van der Waals surface area contributed by atoms with E-state index in [1.807, 2.05) is 42.2 Å². The smallest absolute Gasteiger partial charge is 0.0647 e. The first-order valence-corrected chi connectivity index (χ1v) is 10.3. The molecule has 3 aliphatic rings. The Kier molecular flexibility index (Phi) is 7.78. The van der Waals surface area contributed by atoms with Gasteiger partial charge in [-0.3, -0.25) is 10.0 Å². The molecule has 27 heavy (non-hydrogen) atoms. The van der Waals surface area contributed by atoms with Crippen molar-refractivity contribution in [2.24, 2.45) is 16.8 Å². The molecule has 5 nitrogen and oxygen atoms in total. The SMILES string of the molecule is CC1C=CN=CC(C2=CN(NCCC3CCCCCC3)C=CNC=CN2)=C1. The third-order valence-corrected chi connectivity index (χ3v) is 5.28. The van der Waals surface area contributed by atoms with E-state index >= 15 is 0 Å². The van der Waals surface area contributed by atoms with E-state index in [9.17, 15) is 0 Å². The van der Waals surface area contributed by atoms with Gasteiger partial charge in [0.25, 0.3) is 0 Å². The van der Waals surface area contributed by atoms with Crippen molar-refractivity contribution in [2.45, 2.75) is 51.9 Å². The summed E-state index contributed by atoms with van der Waals surface area (Å²) in [5, 5.41) is 8.55. The monoisotopic (exact) mass is 367 g/mol. The Morgan fingerprint density at radius 1 is 1.15 bits per heavy atom. The predicted octanol–water partition coefficient (Wildman–Crippen LogP) is 4.29. The molecular weight excluding hydrogens is 334 g/mol. The number of hydrogen-bond acceptors (Lipinski definition) is 5. The van der Waals surface area contributed by atoms with Crippen molar-refractivity contribution in [3.05, 3.63) is 60.6 Å². The highest BCUT2D eigenvalue weighted by molar-refractivity contribution is 5.85. The zero-order chi connectivity index (χ0) is 18.7. The molecule has 0 aromatic heterocycles. The summed E-state index contributed by atoms with van der Waals surface area (Å²) in [6.07, 6.45) is 27.6. The fourth-order valence-electron chi connectivity index (χ4n) is 3.73. The van der Waals surface area contributed by atoms with Crippen LogP contribution in [0.5, 0.6) is 0 Å². The number of allylic oxidation sites excluding steroid dienone is 3. The molecule has 1 fully saturated rings. The quantitative estimate of drug-likeness (QED) is 0.635. The van der Waals surface area contributed by atoms with Crippen LogP contribution in [-0.4, -0.2) is 17.8 Å². The van der Waals surface area contributed by atoms with E-state index in [4.69, 9.17) is 0 Å². The number of aliphatic imine (C=N–C) groups is 1. The van der Waals surface area contributed by atoms with Crippen LogP contribution >= 0.6 is 0 Å². The predicted molar refractivity (Wildman–Crippen MR) is 113 cm³/mol. The maximum absolute atomic E-state index is 4.36. The highest BCUT2D eigenvalue weighted by Crippen LogP contribution is 2.25. The molecule has 0 aromatic rings. The summed E-state index contributed by atoms with van der Waals surface area (Å²) in [4.78, 5) is 4.36. The van der Waals surface area contributed by atoms with E-state index in [1.165, 1.54) is 44.9 Å².